The zero-order chi connectivity index (χ0) is 13.9. The highest BCUT2D eigenvalue weighted by Gasteiger charge is 2.39. The van der Waals surface area contributed by atoms with E-state index in [9.17, 15) is 14.7 Å². The van der Waals surface area contributed by atoms with Gasteiger partial charge in [0.1, 0.15) is 11.8 Å². The van der Waals surface area contributed by atoms with E-state index in [1.807, 2.05) is 0 Å². The fourth-order valence-corrected chi connectivity index (χ4v) is 1.67. The van der Waals surface area contributed by atoms with Crippen LogP contribution >= 0.6 is 0 Å². The molecule has 7 nitrogen and oxygen atoms in total. The minimum atomic E-state index is -1.06. The van der Waals surface area contributed by atoms with E-state index in [0.717, 1.165) is 0 Å². The van der Waals surface area contributed by atoms with Gasteiger partial charge in [-0.05, 0) is 20.8 Å². The molecule has 0 aliphatic carbocycles. The summed E-state index contributed by atoms with van der Waals surface area (Å²) in [4.78, 5) is 22.2. The maximum absolute atomic E-state index is 11.5. The van der Waals surface area contributed by atoms with E-state index in [1.54, 1.807) is 20.8 Å². The molecule has 1 saturated heterocycles. The lowest BCUT2D eigenvalue weighted by Gasteiger charge is -2.24. The molecule has 104 valence electrons. The number of hydrogen-bond donors (Lipinski definition) is 3. The highest BCUT2D eigenvalue weighted by Crippen LogP contribution is 2.23. The monoisotopic (exact) mass is 261 g/mol. The Labute approximate surface area is 105 Å². The number of aliphatic hydroxyl groups is 1. The van der Waals surface area contributed by atoms with Gasteiger partial charge in [-0.2, -0.15) is 0 Å². The molecule has 1 aliphatic heterocycles. The number of hydrogen-bond acceptors (Lipinski definition) is 5. The molecule has 0 radical (unpaired) electrons. The number of ether oxygens (including phenoxy) is 2. The van der Waals surface area contributed by atoms with Crippen LogP contribution in [0.2, 0.25) is 0 Å². The molecule has 3 atom stereocenters. The van der Waals surface area contributed by atoms with Gasteiger partial charge >= 0.3 is 12.1 Å². The summed E-state index contributed by atoms with van der Waals surface area (Å²) in [6, 6.07) is 0. The van der Waals surface area contributed by atoms with Crippen molar-refractivity contribution in [3.8, 4) is 0 Å². The molecule has 0 saturated carbocycles. The third kappa shape index (κ3) is 4.50. The summed E-state index contributed by atoms with van der Waals surface area (Å²) in [7, 11) is 0. The van der Waals surface area contributed by atoms with Crippen LogP contribution in [0.5, 0.6) is 0 Å². The van der Waals surface area contributed by atoms with E-state index in [4.69, 9.17) is 14.6 Å². The number of carboxylic acids is 1. The summed E-state index contributed by atoms with van der Waals surface area (Å²) < 4.78 is 10.2. The topological polar surface area (TPSA) is 105 Å². The van der Waals surface area contributed by atoms with E-state index in [0.29, 0.717) is 0 Å². The Balaban J connectivity index is 2.55. The maximum atomic E-state index is 11.5. The number of rotatable bonds is 3. The molecule has 1 amide bonds. The number of carboxylic acid groups (broad SMARTS) is 1. The standard InChI is InChI=1S/C11H19NO6/c1-11(2,3)18-10(16)12-9-6(4-8(14)15)7(13)5-17-9/h6-7,9,13H,4-5H2,1-3H3,(H,12,16)(H,14,15)/t6-,7-,9?/m0/s1. The first-order chi connectivity index (χ1) is 8.19. The number of carbonyl (C=O) groups is 2. The fraction of sp³-hybridized carbons (Fsp3) is 0.818. The van der Waals surface area contributed by atoms with Crippen molar-refractivity contribution in [2.45, 2.75) is 45.1 Å². The molecular weight excluding hydrogens is 242 g/mol. The second-order valence-corrected chi connectivity index (χ2v) is 5.23. The lowest BCUT2D eigenvalue weighted by atomic mass is 10.00. The van der Waals surface area contributed by atoms with Gasteiger partial charge in [-0.25, -0.2) is 4.79 Å². The Morgan fingerprint density at radius 3 is 2.56 bits per heavy atom. The largest absolute Gasteiger partial charge is 0.481 e. The SMILES string of the molecule is CC(C)(C)OC(=O)NC1OC[C@H](O)[C@@H]1CC(=O)O. The highest BCUT2D eigenvalue weighted by molar-refractivity contribution is 5.69. The van der Waals surface area contributed by atoms with Gasteiger partial charge in [0.15, 0.2) is 0 Å². The van der Waals surface area contributed by atoms with Crippen LogP contribution in [0.1, 0.15) is 27.2 Å². The number of aliphatic hydroxyl groups excluding tert-OH is 1. The van der Waals surface area contributed by atoms with Crippen LogP contribution in [0, 0.1) is 5.92 Å². The van der Waals surface area contributed by atoms with Gasteiger partial charge in [-0.3, -0.25) is 10.1 Å². The first-order valence-electron chi connectivity index (χ1n) is 5.70. The van der Waals surface area contributed by atoms with E-state index in [1.165, 1.54) is 0 Å². The Morgan fingerprint density at radius 1 is 1.44 bits per heavy atom. The van der Waals surface area contributed by atoms with Crippen LogP contribution in [-0.2, 0) is 14.3 Å². The van der Waals surface area contributed by atoms with Crippen molar-refractivity contribution >= 4 is 12.1 Å². The summed E-state index contributed by atoms with van der Waals surface area (Å²) in [5.74, 6) is -1.73. The zero-order valence-corrected chi connectivity index (χ0v) is 10.7. The summed E-state index contributed by atoms with van der Waals surface area (Å²) in [6.45, 7) is 5.14. The van der Waals surface area contributed by atoms with Crippen molar-refractivity contribution in [2.24, 2.45) is 5.92 Å². The smallest absolute Gasteiger partial charge is 0.409 e. The maximum Gasteiger partial charge on any atom is 0.409 e. The Bertz CT molecular complexity index is 324. The van der Waals surface area contributed by atoms with Crippen LogP contribution in [0.15, 0.2) is 0 Å². The summed E-state index contributed by atoms with van der Waals surface area (Å²) in [5.41, 5.74) is -0.649. The second kappa shape index (κ2) is 5.53. The van der Waals surface area contributed by atoms with Crippen LogP contribution < -0.4 is 5.32 Å². The van der Waals surface area contributed by atoms with Crippen LogP contribution in [0.4, 0.5) is 4.79 Å². The minimum absolute atomic E-state index is 0.00158. The number of amides is 1. The molecule has 1 heterocycles. The number of nitrogens with one attached hydrogen (secondary N) is 1. The van der Waals surface area contributed by atoms with Crippen molar-refractivity contribution in [3.05, 3.63) is 0 Å². The fourth-order valence-electron chi connectivity index (χ4n) is 1.67. The van der Waals surface area contributed by atoms with Crippen molar-refractivity contribution in [3.63, 3.8) is 0 Å². The molecule has 1 rings (SSSR count). The summed E-state index contributed by atoms with van der Waals surface area (Å²) >= 11 is 0. The molecule has 1 fully saturated rings. The van der Waals surface area contributed by atoms with Crippen LogP contribution in [-0.4, -0.2) is 46.8 Å². The minimum Gasteiger partial charge on any atom is -0.481 e. The number of alkyl carbamates (subject to hydrolysis) is 1. The van der Waals surface area contributed by atoms with Gasteiger partial charge in [-0.1, -0.05) is 0 Å². The quantitative estimate of drug-likeness (QED) is 0.675. The normalized spacial score (nSPS) is 27.9. The van der Waals surface area contributed by atoms with Gasteiger partial charge in [0.2, 0.25) is 0 Å². The summed E-state index contributed by atoms with van der Waals surface area (Å²) in [5, 5.41) is 20.7. The molecular formula is C11H19NO6. The molecule has 1 unspecified atom stereocenters. The average molecular weight is 261 g/mol. The Kier molecular flexibility index (Phi) is 4.53. The molecule has 18 heavy (non-hydrogen) atoms. The highest BCUT2D eigenvalue weighted by atomic mass is 16.6. The van der Waals surface area contributed by atoms with Crippen molar-refractivity contribution in [2.75, 3.05) is 6.61 Å². The molecule has 7 heteroatoms. The lowest BCUT2D eigenvalue weighted by molar-refractivity contribution is -0.139. The number of carbonyl (C=O) groups excluding carboxylic acids is 1. The van der Waals surface area contributed by atoms with Gasteiger partial charge in [0, 0.05) is 5.92 Å². The molecule has 0 bridgehead atoms. The van der Waals surface area contributed by atoms with Gasteiger partial charge < -0.3 is 19.7 Å². The zero-order valence-electron chi connectivity index (χ0n) is 10.7. The third-order valence-electron chi connectivity index (χ3n) is 2.40. The van der Waals surface area contributed by atoms with Crippen molar-refractivity contribution in [1.29, 1.82) is 0 Å². The van der Waals surface area contributed by atoms with E-state index in [2.05, 4.69) is 5.32 Å². The predicted molar refractivity (Wildman–Crippen MR) is 60.9 cm³/mol. The first-order valence-corrected chi connectivity index (χ1v) is 5.70. The van der Waals surface area contributed by atoms with E-state index in [-0.39, 0.29) is 13.0 Å². The predicted octanol–water partition coefficient (Wildman–Crippen LogP) is 0.319. The van der Waals surface area contributed by atoms with Crippen molar-refractivity contribution < 1.29 is 29.3 Å². The van der Waals surface area contributed by atoms with E-state index >= 15 is 0 Å². The molecule has 0 aromatic rings. The van der Waals surface area contributed by atoms with Gasteiger partial charge in [0.05, 0.1) is 19.1 Å². The third-order valence-corrected chi connectivity index (χ3v) is 2.40. The average Bonchev–Trinajstić information content (AvgIpc) is 2.46. The van der Waals surface area contributed by atoms with Crippen LogP contribution in [0.3, 0.4) is 0 Å². The Hall–Kier alpha value is -1.34. The number of aliphatic carboxylic acids is 1. The molecule has 0 aromatic carbocycles. The summed E-state index contributed by atoms with van der Waals surface area (Å²) in [6.07, 6.45) is -2.72. The van der Waals surface area contributed by atoms with Gasteiger partial charge in [0.25, 0.3) is 0 Å². The lowest BCUT2D eigenvalue weighted by Crippen LogP contribution is -2.43. The second-order valence-electron chi connectivity index (χ2n) is 5.23. The molecule has 0 spiro atoms. The molecule has 3 N–H and O–H groups in total. The van der Waals surface area contributed by atoms with Gasteiger partial charge in [-0.15, -0.1) is 0 Å². The first kappa shape index (κ1) is 14.7. The Morgan fingerprint density at radius 2 is 2.06 bits per heavy atom. The molecule has 1 aliphatic rings. The van der Waals surface area contributed by atoms with Crippen LogP contribution in [0.25, 0.3) is 0 Å². The van der Waals surface area contributed by atoms with E-state index < -0.39 is 35.9 Å². The molecule has 0 aromatic heterocycles. The van der Waals surface area contributed by atoms with Crippen molar-refractivity contribution in [1.82, 2.24) is 5.32 Å².